The summed E-state index contributed by atoms with van der Waals surface area (Å²) >= 11 is 0. The van der Waals surface area contributed by atoms with Gasteiger partial charge in [-0.15, -0.1) is 0 Å². The van der Waals surface area contributed by atoms with Gasteiger partial charge in [-0.25, -0.2) is 4.79 Å². The van der Waals surface area contributed by atoms with Crippen molar-refractivity contribution in [3.8, 4) is 5.75 Å². The van der Waals surface area contributed by atoms with E-state index in [-0.39, 0.29) is 13.2 Å². The lowest BCUT2D eigenvalue weighted by Crippen LogP contribution is -2.28. The van der Waals surface area contributed by atoms with E-state index < -0.39 is 12.1 Å². The molecule has 0 aliphatic heterocycles. The highest BCUT2D eigenvalue weighted by atomic mass is 16.6. The Morgan fingerprint density at radius 1 is 1.39 bits per heavy atom. The standard InChI is InChI=1S/C14H18O4/c1-10(2)14(16)18-13(8-15)9-17-12-6-4-11(3)5-7-12/h4-7,13,15H,1,8-9H2,2-3H3. The van der Waals surface area contributed by atoms with E-state index in [0.717, 1.165) is 5.56 Å². The second-order valence-electron chi connectivity index (χ2n) is 4.11. The summed E-state index contributed by atoms with van der Waals surface area (Å²) < 4.78 is 10.4. The minimum Gasteiger partial charge on any atom is -0.490 e. The third-order valence-corrected chi connectivity index (χ3v) is 2.28. The molecule has 4 nitrogen and oxygen atoms in total. The predicted octanol–water partition coefficient (Wildman–Crippen LogP) is 1.85. The number of benzene rings is 1. The average molecular weight is 250 g/mol. The minimum absolute atomic E-state index is 0.110. The third-order valence-electron chi connectivity index (χ3n) is 2.28. The van der Waals surface area contributed by atoms with E-state index in [2.05, 4.69) is 6.58 Å². The van der Waals surface area contributed by atoms with Crippen LogP contribution < -0.4 is 4.74 Å². The van der Waals surface area contributed by atoms with Crippen molar-refractivity contribution >= 4 is 5.97 Å². The van der Waals surface area contributed by atoms with E-state index in [9.17, 15) is 4.79 Å². The molecule has 0 aromatic heterocycles. The van der Waals surface area contributed by atoms with Crippen LogP contribution in [-0.2, 0) is 9.53 Å². The molecule has 0 saturated carbocycles. The molecule has 0 radical (unpaired) electrons. The summed E-state index contributed by atoms with van der Waals surface area (Å²) in [4.78, 5) is 11.3. The fourth-order valence-electron chi connectivity index (χ4n) is 1.20. The Bertz CT molecular complexity index is 408. The first-order valence-corrected chi connectivity index (χ1v) is 5.69. The molecule has 0 bridgehead atoms. The summed E-state index contributed by atoms with van der Waals surface area (Å²) in [6.45, 7) is 6.83. The lowest BCUT2D eigenvalue weighted by atomic mass is 10.2. The average Bonchev–Trinajstić information content (AvgIpc) is 2.35. The van der Waals surface area contributed by atoms with Gasteiger partial charge in [-0.05, 0) is 26.0 Å². The molecule has 1 aromatic rings. The molecule has 0 saturated heterocycles. The summed E-state index contributed by atoms with van der Waals surface area (Å²) in [6.07, 6.45) is -0.685. The Morgan fingerprint density at radius 2 is 2.00 bits per heavy atom. The Hall–Kier alpha value is -1.81. The molecule has 4 heteroatoms. The zero-order valence-corrected chi connectivity index (χ0v) is 10.7. The molecule has 0 aliphatic rings. The lowest BCUT2D eigenvalue weighted by molar-refractivity contribution is -0.147. The van der Waals surface area contributed by atoms with Crippen molar-refractivity contribution in [3.05, 3.63) is 42.0 Å². The number of carbonyl (C=O) groups excluding carboxylic acids is 1. The topological polar surface area (TPSA) is 55.8 Å². The molecule has 98 valence electrons. The fraction of sp³-hybridized carbons (Fsp3) is 0.357. The maximum Gasteiger partial charge on any atom is 0.333 e. The van der Waals surface area contributed by atoms with Gasteiger partial charge in [-0.3, -0.25) is 0 Å². The van der Waals surface area contributed by atoms with Crippen LogP contribution in [0.2, 0.25) is 0 Å². The molecule has 1 unspecified atom stereocenters. The Balaban J connectivity index is 2.46. The van der Waals surface area contributed by atoms with Gasteiger partial charge in [-0.1, -0.05) is 24.3 Å². The smallest absolute Gasteiger partial charge is 0.333 e. The van der Waals surface area contributed by atoms with Crippen LogP contribution in [0.4, 0.5) is 0 Å². The van der Waals surface area contributed by atoms with Crippen molar-refractivity contribution in [3.63, 3.8) is 0 Å². The van der Waals surface area contributed by atoms with Crippen molar-refractivity contribution in [2.24, 2.45) is 0 Å². The molecule has 1 N–H and O–H groups in total. The summed E-state index contributed by atoms with van der Waals surface area (Å²) in [7, 11) is 0. The van der Waals surface area contributed by atoms with Gasteiger partial charge in [0.2, 0.25) is 0 Å². The van der Waals surface area contributed by atoms with Gasteiger partial charge in [0.1, 0.15) is 12.4 Å². The zero-order chi connectivity index (χ0) is 13.5. The summed E-state index contributed by atoms with van der Waals surface area (Å²) in [5.74, 6) is 0.145. The number of hydrogen-bond acceptors (Lipinski definition) is 4. The van der Waals surface area contributed by atoms with Gasteiger partial charge in [0.25, 0.3) is 0 Å². The van der Waals surface area contributed by atoms with Gasteiger partial charge in [0.05, 0.1) is 6.61 Å². The maximum atomic E-state index is 11.3. The van der Waals surface area contributed by atoms with Crippen LogP contribution in [0.25, 0.3) is 0 Å². The molecule has 1 atom stereocenters. The van der Waals surface area contributed by atoms with Crippen molar-refractivity contribution in [2.45, 2.75) is 20.0 Å². The van der Waals surface area contributed by atoms with Crippen LogP contribution in [0.3, 0.4) is 0 Å². The number of aliphatic hydroxyl groups is 1. The highest BCUT2D eigenvalue weighted by molar-refractivity contribution is 5.87. The Morgan fingerprint density at radius 3 is 2.50 bits per heavy atom. The summed E-state index contributed by atoms with van der Waals surface area (Å²) in [5.41, 5.74) is 1.43. The molecule has 1 aromatic carbocycles. The van der Waals surface area contributed by atoms with Crippen LogP contribution in [0, 0.1) is 6.92 Å². The normalized spacial score (nSPS) is 11.7. The quantitative estimate of drug-likeness (QED) is 0.618. The number of ether oxygens (including phenoxy) is 2. The zero-order valence-electron chi connectivity index (χ0n) is 10.7. The monoisotopic (exact) mass is 250 g/mol. The lowest BCUT2D eigenvalue weighted by Gasteiger charge is -2.16. The van der Waals surface area contributed by atoms with E-state index in [1.807, 2.05) is 31.2 Å². The predicted molar refractivity (Wildman–Crippen MR) is 68.5 cm³/mol. The number of aryl methyl sites for hydroxylation is 1. The SMILES string of the molecule is C=C(C)C(=O)OC(CO)COc1ccc(C)cc1. The molecule has 0 heterocycles. The van der Waals surface area contributed by atoms with Crippen molar-refractivity contribution in [2.75, 3.05) is 13.2 Å². The number of esters is 1. The van der Waals surface area contributed by atoms with Gasteiger partial charge in [-0.2, -0.15) is 0 Å². The first-order valence-electron chi connectivity index (χ1n) is 5.69. The highest BCUT2D eigenvalue weighted by Crippen LogP contribution is 2.12. The van der Waals surface area contributed by atoms with Crippen molar-refractivity contribution < 1.29 is 19.4 Å². The van der Waals surface area contributed by atoms with Gasteiger partial charge < -0.3 is 14.6 Å². The first-order chi connectivity index (χ1) is 8.52. The second-order valence-corrected chi connectivity index (χ2v) is 4.11. The van der Waals surface area contributed by atoms with Crippen LogP contribution in [-0.4, -0.2) is 30.4 Å². The van der Waals surface area contributed by atoms with E-state index in [4.69, 9.17) is 14.6 Å². The summed E-state index contributed by atoms with van der Waals surface area (Å²) in [6, 6.07) is 7.49. The highest BCUT2D eigenvalue weighted by Gasteiger charge is 2.14. The number of rotatable bonds is 6. The molecule has 0 aliphatic carbocycles. The molecule has 1 rings (SSSR count). The molecular formula is C14H18O4. The van der Waals surface area contributed by atoms with E-state index in [1.54, 1.807) is 6.92 Å². The third kappa shape index (κ3) is 4.59. The van der Waals surface area contributed by atoms with Crippen LogP contribution in [0.5, 0.6) is 5.75 Å². The maximum absolute atomic E-state index is 11.3. The van der Waals surface area contributed by atoms with Crippen LogP contribution >= 0.6 is 0 Å². The Labute approximate surface area is 107 Å². The van der Waals surface area contributed by atoms with Crippen LogP contribution in [0.1, 0.15) is 12.5 Å². The molecule has 18 heavy (non-hydrogen) atoms. The van der Waals surface area contributed by atoms with Crippen molar-refractivity contribution in [1.29, 1.82) is 0 Å². The van der Waals surface area contributed by atoms with E-state index >= 15 is 0 Å². The first kappa shape index (κ1) is 14.3. The number of aliphatic hydroxyl groups excluding tert-OH is 1. The van der Waals surface area contributed by atoms with Gasteiger partial charge in [0.15, 0.2) is 6.10 Å². The number of hydrogen-bond donors (Lipinski definition) is 1. The van der Waals surface area contributed by atoms with E-state index in [0.29, 0.717) is 11.3 Å². The molecule has 0 spiro atoms. The van der Waals surface area contributed by atoms with Gasteiger partial charge in [0, 0.05) is 5.57 Å². The molecular weight excluding hydrogens is 232 g/mol. The molecule has 0 amide bonds. The summed E-state index contributed by atoms with van der Waals surface area (Å²) in [5, 5.41) is 9.09. The van der Waals surface area contributed by atoms with Crippen molar-refractivity contribution in [1.82, 2.24) is 0 Å². The Kier molecular flexibility index (Phi) is 5.39. The molecule has 0 fully saturated rings. The second kappa shape index (κ2) is 6.81. The largest absolute Gasteiger partial charge is 0.490 e. The number of carbonyl (C=O) groups is 1. The van der Waals surface area contributed by atoms with E-state index in [1.165, 1.54) is 0 Å². The van der Waals surface area contributed by atoms with Gasteiger partial charge >= 0.3 is 5.97 Å². The minimum atomic E-state index is -0.685. The van der Waals surface area contributed by atoms with Crippen LogP contribution in [0.15, 0.2) is 36.4 Å². The fourth-order valence-corrected chi connectivity index (χ4v) is 1.20.